The summed E-state index contributed by atoms with van der Waals surface area (Å²) in [5.41, 5.74) is 2.37. The zero-order chi connectivity index (χ0) is 22.0. The van der Waals surface area contributed by atoms with Gasteiger partial charge in [0.05, 0.1) is 40.6 Å². The Kier molecular flexibility index (Phi) is 7.07. The van der Waals surface area contributed by atoms with Gasteiger partial charge in [-0.15, -0.1) is 0 Å². The van der Waals surface area contributed by atoms with Crippen molar-refractivity contribution >= 4 is 87.5 Å². The molecule has 31 heavy (non-hydrogen) atoms. The Morgan fingerprint density at radius 1 is 1.26 bits per heavy atom. The largest absolute Gasteiger partial charge is 0.495 e. The summed E-state index contributed by atoms with van der Waals surface area (Å²) >= 11 is 13.6. The van der Waals surface area contributed by atoms with Gasteiger partial charge >= 0.3 is 0 Å². The number of methoxy groups -OCH3 is 1. The Morgan fingerprint density at radius 3 is 2.77 bits per heavy atom. The third-order valence-corrected chi connectivity index (χ3v) is 6.84. The zero-order valence-electron chi connectivity index (χ0n) is 16.4. The van der Waals surface area contributed by atoms with E-state index in [1.165, 1.54) is 18.4 Å². The Labute approximate surface area is 205 Å². The van der Waals surface area contributed by atoms with E-state index in [0.717, 1.165) is 46.7 Å². The number of carbonyl (C=O) groups is 1. The summed E-state index contributed by atoms with van der Waals surface area (Å²) in [4.78, 5) is 19.6. The van der Waals surface area contributed by atoms with Crippen LogP contribution in [0.5, 0.6) is 5.75 Å². The van der Waals surface area contributed by atoms with Gasteiger partial charge in [0.15, 0.2) is 10.2 Å². The number of carbonyl (C=O) groups excluding carboxylic acids is 1. The van der Waals surface area contributed by atoms with Crippen LogP contribution in [-0.4, -0.2) is 49.4 Å². The number of benzene rings is 2. The van der Waals surface area contributed by atoms with Gasteiger partial charge in [-0.25, -0.2) is 4.98 Å². The summed E-state index contributed by atoms with van der Waals surface area (Å²) in [5, 5.41) is 6.47. The van der Waals surface area contributed by atoms with Gasteiger partial charge in [0, 0.05) is 23.2 Å². The van der Waals surface area contributed by atoms with Gasteiger partial charge < -0.3 is 19.7 Å². The van der Waals surface area contributed by atoms with Crippen molar-refractivity contribution in [1.29, 1.82) is 0 Å². The van der Waals surface area contributed by atoms with Crippen LogP contribution in [0.3, 0.4) is 0 Å². The van der Waals surface area contributed by atoms with Gasteiger partial charge in [-0.1, -0.05) is 27.3 Å². The molecule has 0 spiro atoms. The third kappa shape index (κ3) is 5.17. The van der Waals surface area contributed by atoms with Crippen molar-refractivity contribution in [3.8, 4) is 5.75 Å². The van der Waals surface area contributed by atoms with Gasteiger partial charge in [-0.3, -0.25) is 10.1 Å². The van der Waals surface area contributed by atoms with E-state index < -0.39 is 0 Å². The average molecular weight is 586 g/mol. The number of hydrogen-bond donors (Lipinski definition) is 2. The van der Waals surface area contributed by atoms with E-state index in [1.807, 2.05) is 6.07 Å². The van der Waals surface area contributed by atoms with Crippen LogP contribution in [0.2, 0.25) is 0 Å². The molecule has 1 saturated heterocycles. The summed E-state index contributed by atoms with van der Waals surface area (Å²) in [6.45, 7) is 3.23. The summed E-state index contributed by atoms with van der Waals surface area (Å²) < 4.78 is 13.2. The van der Waals surface area contributed by atoms with Crippen LogP contribution in [0.1, 0.15) is 10.4 Å². The van der Waals surface area contributed by atoms with Gasteiger partial charge in [-0.05, 0) is 58.5 Å². The SMILES string of the molecule is COc1c(Br)cc(Br)cc1C(=O)NC(=S)Nc1nc2ccc(N3CCOCC3)cc2s1. The summed E-state index contributed by atoms with van der Waals surface area (Å²) in [6, 6.07) is 9.65. The molecule has 0 radical (unpaired) electrons. The number of thiazole rings is 1. The zero-order valence-corrected chi connectivity index (χ0v) is 21.2. The molecule has 4 rings (SSSR count). The van der Waals surface area contributed by atoms with Crippen molar-refractivity contribution in [2.75, 3.05) is 43.6 Å². The number of rotatable bonds is 4. The molecule has 0 unspecified atom stereocenters. The van der Waals surface area contributed by atoms with Crippen LogP contribution in [0.15, 0.2) is 39.3 Å². The van der Waals surface area contributed by atoms with Crippen molar-refractivity contribution in [3.63, 3.8) is 0 Å². The average Bonchev–Trinajstić information content (AvgIpc) is 3.15. The Hall–Kier alpha value is -1.79. The predicted octanol–water partition coefficient (Wildman–Crippen LogP) is 4.79. The highest BCUT2D eigenvalue weighted by molar-refractivity contribution is 9.11. The number of morpholine rings is 1. The summed E-state index contributed by atoms with van der Waals surface area (Å²) in [7, 11) is 1.51. The second-order valence-electron chi connectivity index (χ2n) is 6.65. The van der Waals surface area contributed by atoms with Gasteiger partial charge in [0.1, 0.15) is 5.75 Å². The molecule has 1 aliphatic rings. The van der Waals surface area contributed by atoms with Gasteiger partial charge in [0.2, 0.25) is 0 Å². The number of nitrogens with zero attached hydrogens (tertiary/aromatic N) is 2. The van der Waals surface area contributed by atoms with E-state index in [1.54, 1.807) is 12.1 Å². The molecule has 1 amide bonds. The van der Waals surface area contributed by atoms with E-state index in [4.69, 9.17) is 21.7 Å². The lowest BCUT2D eigenvalue weighted by atomic mass is 10.2. The first-order chi connectivity index (χ1) is 14.9. The fourth-order valence-corrected chi connectivity index (χ4v) is 5.76. The number of nitrogens with one attached hydrogen (secondary N) is 2. The molecule has 2 N–H and O–H groups in total. The molecule has 0 bridgehead atoms. The second kappa shape index (κ2) is 9.78. The molecule has 1 fully saturated rings. The molecule has 1 aliphatic heterocycles. The number of thiocarbonyl (C=S) groups is 1. The monoisotopic (exact) mass is 584 g/mol. The molecular weight excluding hydrogens is 568 g/mol. The number of fused-ring (bicyclic) bond motifs is 1. The second-order valence-corrected chi connectivity index (χ2v) is 9.86. The van der Waals surface area contributed by atoms with Crippen LogP contribution in [0, 0.1) is 0 Å². The number of amides is 1. The first kappa shape index (κ1) is 22.4. The van der Waals surface area contributed by atoms with E-state index >= 15 is 0 Å². The number of aromatic nitrogens is 1. The summed E-state index contributed by atoms with van der Waals surface area (Å²) in [6.07, 6.45) is 0. The van der Waals surface area contributed by atoms with Crippen LogP contribution in [0.25, 0.3) is 10.2 Å². The van der Waals surface area contributed by atoms with E-state index in [9.17, 15) is 4.79 Å². The minimum Gasteiger partial charge on any atom is -0.495 e. The van der Waals surface area contributed by atoms with Crippen LogP contribution in [-0.2, 0) is 4.74 Å². The number of hydrogen-bond acceptors (Lipinski definition) is 7. The van der Waals surface area contributed by atoms with E-state index in [0.29, 0.717) is 20.9 Å². The minimum atomic E-state index is -0.382. The van der Waals surface area contributed by atoms with E-state index in [-0.39, 0.29) is 11.0 Å². The van der Waals surface area contributed by atoms with Crippen molar-refractivity contribution < 1.29 is 14.3 Å². The minimum absolute atomic E-state index is 0.163. The molecule has 0 saturated carbocycles. The van der Waals surface area contributed by atoms with Crippen molar-refractivity contribution in [3.05, 3.63) is 44.8 Å². The Bertz CT molecular complexity index is 1150. The molecule has 1 aromatic heterocycles. The molecule has 11 heteroatoms. The van der Waals surface area contributed by atoms with Crippen LogP contribution in [0.4, 0.5) is 10.8 Å². The molecule has 3 aromatic rings. The lowest BCUT2D eigenvalue weighted by Crippen LogP contribution is -2.36. The lowest BCUT2D eigenvalue weighted by molar-refractivity contribution is 0.0974. The topological polar surface area (TPSA) is 75.7 Å². The fraction of sp³-hybridized carbons (Fsp3) is 0.250. The maximum Gasteiger partial charge on any atom is 0.261 e. The van der Waals surface area contributed by atoms with Gasteiger partial charge in [-0.2, -0.15) is 0 Å². The molecule has 162 valence electrons. The van der Waals surface area contributed by atoms with Gasteiger partial charge in [0.25, 0.3) is 5.91 Å². The van der Waals surface area contributed by atoms with E-state index in [2.05, 4.69) is 64.5 Å². The van der Waals surface area contributed by atoms with Crippen LogP contribution < -0.4 is 20.3 Å². The molecule has 2 heterocycles. The number of halogens is 2. The number of anilines is 2. The molecular formula is C20H18Br2N4O3S2. The maximum atomic E-state index is 12.7. The number of ether oxygens (including phenoxy) is 2. The van der Waals surface area contributed by atoms with Crippen molar-refractivity contribution in [2.24, 2.45) is 0 Å². The first-order valence-electron chi connectivity index (χ1n) is 9.33. The molecule has 7 nitrogen and oxygen atoms in total. The molecule has 0 aliphatic carbocycles. The highest BCUT2D eigenvalue weighted by Crippen LogP contribution is 2.33. The molecule has 0 atom stereocenters. The Balaban J connectivity index is 1.46. The quantitative estimate of drug-likeness (QED) is 0.426. The van der Waals surface area contributed by atoms with Crippen molar-refractivity contribution in [2.45, 2.75) is 0 Å². The lowest BCUT2D eigenvalue weighted by Gasteiger charge is -2.28. The Morgan fingerprint density at radius 2 is 2.03 bits per heavy atom. The maximum absolute atomic E-state index is 12.7. The smallest absolute Gasteiger partial charge is 0.261 e. The molecule has 2 aromatic carbocycles. The summed E-state index contributed by atoms with van der Waals surface area (Å²) in [5.74, 6) is 0.0474. The first-order valence-corrected chi connectivity index (χ1v) is 12.1. The van der Waals surface area contributed by atoms with Crippen LogP contribution >= 0.6 is 55.4 Å². The fourth-order valence-electron chi connectivity index (χ4n) is 3.22. The predicted molar refractivity (Wildman–Crippen MR) is 135 cm³/mol. The standard InChI is InChI=1S/C20H18Br2N4O3S2/c1-28-17-13(8-11(21)9-14(17)22)18(27)24-19(30)25-20-23-15-3-2-12(10-16(15)31-20)26-4-6-29-7-5-26/h2-3,8-10H,4-7H2,1H3,(H2,23,24,25,27,30). The van der Waals surface area contributed by atoms with Crippen molar-refractivity contribution in [1.82, 2.24) is 10.3 Å². The normalized spacial score (nSPS) is 13.8. The third-order valence-electron chi connectivity index (χ3n) is 4.65. The highest BCUT2D eigenvalue weighted by atomic mass is 79.9. The highest BCUT2D eigenvalue weighted by Gasteiger charge is 2.18.